The molecule has 1 aromatic rings. The average Bonchev–Trinajstić information content (AvgIpc) is 2.87. The van der Waals surface area contributed by atoms with Crippen LogP contribution in [0.25, 0.3) is 0 Å². The van der Waals surface area contributed by atoms with Gasteiger partial charge in [-0.2, -0.15) is 0 Å². The Morgan fingerprint density at radius 3 is 3.14 bits per heavy atom. The third kappa shape index (κ3) is 2.90. The molecule has 0 aliphatic heterocycles. The molecule has 2 nitrogen and oxygen atoms in total. The molecule has 1 N–H and O–H groups in total. The van der Waals surface area contributed by atoms with Crippen LogP contribution in [0.15, 0.2) is 16.4 Å². The van der Waals surface area contributed by atoms with Gasteiger partial charge in [-0.1, -0.05) is 22.5 Å². The van der Waals surface area contributed by atoms with Crippen molar-refractivity contribution in [2.45, 2.75) is 25.3 Å². The molecule has 0 atom stereocenters. The minimum absolute atomic E-state index is 0.778. The third-order valence-corrected chi connectivity index (χ3v) is 3.46. The van der Waals surface area contributed by atoms with Crippen LogP contribution in [0, 0.1) is 0 Å². The first-order valence-corrected chi connectivity index (χ1v) is 6.41. The Labute approximate surface area is 96.6 Å². The Balaban J connectivity index is 1.80. The van der Waals surface area contributed by atoms with E-state index >= 15 is 0 Å². The Hall–Kier alpha value is -0.190. The molecule has 1 aliphatic rings. The maximum Gasteiger partial charge on any atom is 0.0959 e. The van der Waals surface area contributed by atoms with Gasteiger partial charge in [-0.05, 0) is 12.8 Å². The minimum atomic E-state index is 0.778. The van der Waals surface area contributed by atoms with E-state index in [4.69, 9.17) is 0 Å². The van der Waals surface area contributed by atoms with E-state index in [1.165, 1.54) is 17.8 Å². The van der Waals surface area contributed by atoms with Crippen LogP contribution >= 0.6 is 27.3 Å². The molecule has 4 heteroatoms. The first-order valence-electron chi connectivity index (χ1n) is 4.74. The summed E-state index contributed by atoms with van der Waals surface area (Å²) in [5.74, 6) is 0.778. The topological polar surface area (TPSA) is 24.9 Å². The van der Waals surface area contributed by atoms with Crippen LogP contribution in [0.2, 0.25) is 0 Å². The van der Waals surface area contributed by atoms with E-state index in [2.05, 4.69) is 38.2 Å². The summed E-state index contributed by atoms with van der Waals surface area (Å²) in [6, 6.07) is 0. The molecular weight excluding hydrogens is 260 g/mol. The minimum Gasteiger partial charge on any atom is -0.307 e. The molecule has 0 radical (unpaired) electrons. The molecule has 76 valence electrons. The molecule has 14 heavy (non-hydrogen) atoms. The first-order chi connectivity index (χ1) is 6.75. The van der Waals surface area contributed by atoms with Crippen molar-refractivity contribution in [1.29, 1.82) is 0 Å². The second-order valence-electron chi connectivity index (χ2n) is 3.57. The second kappa shape index (κ2) is 4.55. The summed E-state index contributed by atoms with van der Waals surface area (Å²) in [5, 5.41) is 6.74. The molecule has 1 saturated carbocycles. The highest BCUT2D eigenvalue weighted by molar-refractivity contribution is 9.11. The van der Waals surface area contributed by atoms with Gasteiger partial charge in [-0.15, -0.1) is 11.3 Å². The van der Waals surface area contributed by atoms with Gasteiger partial charge in [-0.3, -0.25) is 0 Å². The quantitative estimate of drug-likeness (QED) is 0.892. The van der Waals surface area contributed by atoms with Crippen LogP contribution in [-0.4, -0.2) is 11.5 Å². The number of nitrogens with zero attached hydrogens (tertiary/aromatic N) is 1. The van der Waals surface area contributed by atoms with Crippen molar-refractivity contribution < 1.29 is 0 Å². The highest BCUT2D eigenvalue weighted by Crippen LogP contribution is 2.41. The van der Waals surface area contributed by atoms with Gasteiger partial charge < -0.3 is 5.32 Å². The van der Waals surface area contributed by atoms with Crippen molar-refractivity contribution in [2.24, 2.45) is 0 Å². The van der Waals surface area contributed by atoms with Crippen molar-refractivity contribution in [3.63, 3.8) is 0 Å². The number of hydrogen-bond donors (Lipinski definition) is 1. The van der Waals surface area contributed by atoms with Gasteiger partial charge in [0.2, 0.25) is 0 Å². The van der Waals surface area contributed by atoms with Crippen LogP contribution in [0.4, 0.5) is 0 Å². The van der Waals surface area contributed by atoms with Gasteiger partial charge in [0.1, 0.15) is 0 Å². The van der Waals surface area contributed by atoms with Crippen LogP contribution in [0.3, 0.4) is 0 Å². The smallest absolute Gasteiger partial charge is 0.0959 e. The fourth-order valence-corrected chi connectivity index (χ4v) is 2.44. The summed E-state index contributed by atoms with van der Waals surface area (Å²) >= 11 is 5.11. The monoisotopic (exact) mass is 272 g/mol. The van der Waals surface area contributed by atoms with Gasteiger partial charge in [0.05, 0.1) is 10.7 Å². The van der Waals surface area contributed by atoms with Crippen molar-refractivity contribution in [3.05, 3.63) is 27.1 Å². The van der Waals surface area contributed by atoms with Crippen molar-refractivity contribution >= 4 is 27.3 Å². The number of thiazole rings is 1. The molecule has 0 saturated heterocycles. The summed E-state index contributed by atoms with van der Waals surface area (Å²) in [6.45, 7) is 5.41. The molecule has 0 bridgehead atoms. The normalized spacial score (nSPS) is 15.8. The summed E-state index contributed by atoms with van der Waals surface area (Å²) in [5.41, 5.74) is 1.16. The van der Waals surface area contributed by atoms with Gasteiger partial charge >= 0.3 is 0 Å². The van der Waals surface area contributed by atoms with Crippen LogP contribution < -0.4 is 5.32 Å². The van der Waals surface area contributed by atoms with E-state index in [0.29, 0.717) is 0 Å². The van der Waals surface area contributed by atoms with Crippen molar-refractivity contribution in [1.82, 2.24) is 10.3 Å². The fraction of sp³-hybridized carbons (Fsp3) is 0.500. The van der Waals surface area contributed by atoms with Gasteiger partial charge in [-0.25, -0.2) is 4.98 Å². The Kier molecular flexibility index (Phi) is 3.36. The molecule has 1 aliphatic carbocycles. The SMILES string of the molecule is C=C(Br)CNCc1csc(C2CC2)n1. The number of halogens is 1. The highest BCUT2D eigenvalue weighted by atomic mass is 79.9. The average molecular weight is 273 g/mol. The lowest BCUT2D eigenvalue weighted by molar-refractivity contribution is 0.739. The Bertz CT molecular complexity index is 331. The zero-order chi connectivity index (χ0) is 9.97. The second-order valence-corrected chi connectivity index (χ2v) is 5.58. The lowest BCUT2D eigenvalue weighted by atomic mass is 10.4. The molecule has 0 aromatic carbocycles. The van der Waals surface area contributed by atoms with E-state index in [0.717, 1.165) is 29.2 Å². The van der Waals surface area contributed by atoms with E-state index in [9.17, 15) is 0 Å². The van der Waals surface area contributed by atoms with Gasteiger partial charge in [0.25, 0.3) is 0 Å². The summed E-state index contributed by atoms with van der Waals surface area (Å²) in [4.78, 5) is 4.58. The third-order valence-electron chi connectivity index (χ3n) is 2.12. The fourth-order valence-electron chi connectivity index (χ4n) is 1.25. The van der Waals surface area contributed by atoms with Crippen LogP contribution in [0.1, 0.15) is 29.5 Å². The van der Waals surface area contributed by atoms with Crippen molar-refractivity contribution in [2.75, 3.05) is 6.54 Å². The van der Waals surface area contributed by atoms with E-state index in [-0.39, 0.29) is 0 Å². The molecule has 1 heterocycles. The van der Waals surface area contributed by atoms with E-state index < -0.39 is 0 Å². The zero-order valence-electron chi connectivity index (χ0n) is 7.92. The predicted octanol–water partition coefficient (Wildman–Crippen LogP) is 3.02. The maximum atomic E-state index is 4.58. The van der Waals surface area contributed by atoms with Crippen molar-refractivity contribution in [3.8, 4) is 0 Å². The number of aromatic nitrogens is 1. The zero-order valence-corrected chi connectivity index (χ0v) is 10.3. The highest BCUT2D eigenvalue weighted by Gasteiger charge is 2.26. The molecule has 1 aromatic heterocycles. The van der Waals surface area contributed by atoms with Crippen LogP contribution in [-0.2, 0) is 6.54 Å². The first kappa shape index (κ1) is 10.3. The number of hydrogen-bond acceptors (Lipinski definition) is 3. The standard InChI is InChI=1S/C10H13BrN2S/c1-7(11)4-12-5-9-6-14-10(13-9)8-2-3-8/h6,8,12H,1-5H2. The molecule has 0 unspecified atom stereocenters. The van der Waals surface area contributed by atoms with Crippen LogP contribution in [0.5, 0.6) is 0 Å². The number of rotatable bonds is 5. The molecule has 2 rings (SSSR count). The predicted molar refractivity (Wildman–Crippen MR) is 63.9 cm³/mol. The molecular formula is C10H13BrN2S. The lowest BCUT2D eigenvalue weighted by Gasteiger charge is -1.99. The number of nitrogens with one attached hydrogen (secondary N) is 1. The molecule has 1 fully saturated rings. The summed E-state index contributed by atoms with van der Waals surface area (Å²) in [6.07, 6.45) is 2.66. The van der Waals surface area contributed by atoms with E-state index in [1.54, 1.807) is 11.3 Å². The summed E-state index contributed by atoms with van der Waals surface area (Å²) < 4.78 is 0.982. The summed E-state index contributed by atoms with van der Waals surface area (Å²) in [7, 11) is 0. The van der Waals surface area contributed by atoms with Gasteiger partial charge in [0, 0.05) is 28.9 Å². The molecule has 0 spiro atoms. The maximum absolute atomic E-state index is 4.58. The molecule has 0 amide bonds. The lowest BCUT2D eigenvalue weighted by Crippen LogP contribution is -2.14. The Morgan fingerprint density at radius 2 is 2.50 bits per heavy atom. The van der Waals surface area contributed by atoms with Gasteiger partial charge in [0.15, 0.2) is 0 Å². The van der Waals surface area contributed by atoms with E-state index in [1.807, 2.05) is 0 Å². The largest absolute Gasteiger partial charge is 0.307 e. The Morgan fingerprint density at radius 1 is 1.71 bits per heavy atom.